The van der Waals surface area contributed by atoms with Gasteiger partial charge < -0.3 is 5.32 Å². The molecule has 6 nitrogen and oxygen atoms in total. The van der Waals surface area contributed by atoms with E-state index in [4.69, 9.17) is 4.98 Å². The molecule has 0 saturated carbocycles. The Hall–Kier alpha value is -3.54. The van der Waals surface area contributed by atoms with E-state index in [0.717, 1.165) is 22.5 Å². The molecular formula is C23H23N5O. The van der Waals surface area contributed by atoms with Crippen molar-refractivity contribution in [3.63, 3.8) is 0 Å². The van der Waals surface area contributed by atoms with E-state index in [1.54, 1.807) is 23.0 Å². The van der Waals surface area contributed by atoms with Crippen molar-refractivity contribution in [3.05, 3.63) is 83.9 Å². The quantitative estimate of drug-likeness (QED) is 0.576. The number of hydrogen-bond acceptors (Lipinski definition) is 4. The zero-order chi connectivity index (χ0) is 20.4. The first kappa shape index (κ1) is 18.8. The predicted molar refractivity (Wildman–Crippen MR) is 113 cm³/mol. The molecule has 1 N–H and O–H groups in total. The van der Waals surface area contributed by atoms with Gasteiger partial charge in [-0.25, -0.2) is 9.50 Å². The first-order valence-electron chi connectivity index (χ1n) is 9.56. The largest absolute Gasteiger partial charge is 0.347 e. The summed E-state index contributed by atoms with van der Waals surface area (Å²) in [4.78, 5) is 21.8. The average Bonchev–Trinajstić information content (AvgIpc) is 3.17. The summed E-state index contributed by atoms with van der Waals surface area (Å²) in [5.74, 6) is -0.199. The summed E-state index contributed by atoms with van der Waals surface area (Å²) < 4.78 is 1.63. The van der Waals surface area contributed by atoms with Crippen LogP contribution in [0.3, 0.4) is 0 Å². The Morgan fingerprint density at radius 1 is 1.03 bits per heavy atom. The molecule has 29 heavy (non-hydrogen) atoms. The lowest BCUT2D eigenvalue weighted by molar-refractivity contribution is 0.0943. The van der Waals surface area contributed by atoms with Gasteiger partial charge in [-0.2, -0.15) is 5.10 Å². The van der Waals surface area contributed by atoms with Crippen LogP contribution in [0.25, 0.3) is 16.9 Å². The van der Waals surface area contributed by atoms with Crippen LogP contribution in [0.4, 0.5) is 0 Å². The van der Waals surface area contributed by atoms with Crippen LogP contribution in [0.15, 0.2) is 67.0 Å². The average molecular weight is 385 g/mol. The monoisotopic (exact) mass is 385 g/mol. The Bertz CT molecular complexity index is 1140. The molecule has 0 atom stereocenters. The van der Waals surface area contributed by atoms with E-state index in [-0.39, 0.29) is 11.3 Å². The van der Waals surface area contributed by atoms with E-state index in [1.807, 2.05) is 48.5 Å². The molecule has 4 aromatic rings. The van der Waals surface area contributed by atoms with Gasteiger partial charge in [0, 0.05) is 36.0 Å². The van der Waals surface area contributed by atoms with Crippen molar-refractivity contribution in [2.24, 2.45) is 0 Å². The number of carbonyl (C=O) groups excluding carboxylic acids is 1. The molecule has 146 valence electrons. The van der Waals surface area contributed by atoms with E-state index in [9.17, 15) is 4.79 Å². The molecular weight excluding hydrogens is 362 g/mol. The van der Waals surface area contributed by atoms with Crippen LogP contribution in [-0.4, -0.2) is 25.5 Å². The number of amides is 1. The molecule has 3 aromatic heterocycles. The van der Waals surface area contributed by atoms with Crippen LogP contribution < -0.4 is 5.32 Å². The maximum Gasteiger partial charge on any atom is 0.270 e. The van der Waals surface area contributed by atoms with Gasteiger partial charge in [-0.1, -0.05) is 51.1 Å². The minimum Gasteiger partial charge on any atom is -0.347 e. The first-order chi connectivity index (χ1) is 13.9. The summed E-state index contributed by atoms with van der Waals surface area (Å²) in [5, 5.41) is 7.66. The van der Waals surface area contributed by atoms with Gasteiger partial charge in [-0.3, -0.25) is 9.78 Å². The van der Waals surface area contributed by atoms with Crippen molar-refractivity contribution in [2.45, 2.75) is 32.7 Å². The highest BCUT2D eigenvalue weighted by atomic mass is 16.2. The second kappa shape index (κ2) is 7.47. The number of aromatic nitrogens is 4. The standard InChI is InChI=1S/C23H23N5O/c1-23(2,3)20-14-21-26-18(17-7-5-4-6-8-17)13-19(28(21)27-20)22(29)25-15-16-9-11-24-12-10-16/h4-14H,15H2,1-3H3,(H,25,29). The molecule has 3 heterocycles. The van der Waals surface area contributed by atoms with Crippen LogP contribution in [-0.2, 0) is 12.0 Å². The van der Waals surface area contributed by atoms with Crippen LogP contribution in [0.1, 0.15) is 42.5 Å². The molecule has 0 aliphatic rings. The fourth-order valence-electron chi connectivity index (χ4n) is 3.03. The molecule has 0 aliphatic heterocycles. The Morgan fingerprint density at radius 3 is 2.45 bits per heavy atom. The number of fused-ring (bicyclic) bond motifs is 1. The fraction of sp³-hybridized carbons (Fsp3) is 0.217. The van der Waals surface area contributed by atoms with Crippen molar-refractivity contribution in [3.8, 4) is 11.3 Å². The second-order valence-corrected chi connectivity index (χ2v) is 7.98. The molecule has 0 spiro atoms. The maximum atomic E-state index is 13.1. The molecule has 1 amide bonds. The van der Waals surface area contributed by atoms with Gasteiger partial charge in [0.25, 0.3) is 5.91 Å². The number of rotatable bonds is 4. The van der Waals surface area contributed by atoms with Gasteiger partial charge in [0.05, 0.1) is 11.4 Å². The number of hydrogen-bond donors (Lipinski definition) is 1. The molecule has 0 fully saturated rings. The molecule has 0 bridgehead atoms. The second-order valence-electron chi connectivity index (χ2n) is 7.98. The minimum absolute atomic E-state index is 0.147. The number of nitrogens with zero attached hydrogens (tertiary/aromatic N) is 4. The van der Waals surface area contributed by atoms with Gasteiger partial charge in [0.1, 0.15) is 5.69 Å². The summed E-state index contributed by atoms with van der Waals surface area (Å²) >= 11 is 0. The van der Waals surface area contributed by atoms with E-state index in [2.05, 4.69) is 36.2 Å². The normalized spacial score (nSPS) is 11.6. The molecule has 0 saturated heterocycles. The van der Waals surface area contributed by atoms with Gasteiger partial charge in [-0.05, 0) is 23.8 Å². The van der Waals surface area contributed by atoms with Crippen molar-refractivity contribution in [2.75, 3.05) is 0 Å². The van der Waals surface area contributed by atoms with Crippen LogP contribution in [0.2, 0.25) is 0 Å². The van der Waals surface area contributed by atoms with E-state index in [1.165, 1.54) is 0 Å². The van der Waals surface area contributed by atoms with Crippen LogP contribution in [0, 0.1) is 0 Å². The van der Waals surface area contributed by atoms with Gasteiger partial charge in [-0.15, -0.1) is 0 Å². The summed E-state index contributed by atoms with van der Waals surface area (Å²) in [6, 6.07) is 17.4. The number of carbonyl (C=O) groups is 1. The lowest BCUT2D eigenvalue weighted by Gasteiger charge is -2.13. The topological polar surface area (TPSA) is 72.2 Å². The smallest absolute Gasteiger partial charge is 0.270 e. The summed E-state index contributed by atoms with van der Waals surface area (Å²) in [7, 11) is 0. The van der Waals surface area contributed by atoms with Crippen molar-refractivity contribution < 1.29 is 4.79 Å². The zero-order valence-electron chi connectivity index (χ0n) is 16.8. The van der Waals surface area contributed by atoms with E-state index in [0.29, 0.717) is 17.9 Å². The number of benzene rings is 1. The number of pyridine rings is 1. The van der Waals surface area contributed by atoms with Crippen LogP contribution >= 0.6 is 0 Å². The van der Waals surface area contributed by atoms with Crippen molar-refractivity contribution >= 4 is 11.6 Å². The zero-order valence-corrected chi connectivity index (χ0v) is 16.8. The van der Waals surface area contributed by atoms with E-state index < -0.39 is 0 Å². The lowest BCUT2D eigenvalue weighted by Crippen LogP contribution is -2.26. The third-order valence-corrected chi connectivity index (χ3v) is 4.70. The molecule has 0 aliphatic carbocycles. The van der Waals surface area contributed by atoms with Gasteiger partial charge in [0.2, 0.25) is 0 Å². The van der Waals surface area contributed by atoms with Gasteiger partial charge >= 0.3 is 0 Å². The lowest BCUT2D eigenvalue weighted by atomic mass is 9.93. The van der Waals surface area contributed by atoms with Crippen molar-refractivity contribution in [1.29, 1.82) is 0 Å². The highest BCUT2D eigenvalue weighted by molar-refractivity contribution is 5.94. The Morgan fingerprint density at radius 2 is 1.76 bits per heavy atom. The minimum atomic E-state index is -0.199. The maximum absolute atomic E-state index is 13.1. The Labute approximate surface area is 169 Å². The highest BCUT2D eigenvalue weighted by Crippen LogP contribution is 2.25. The van der Waals surface area contributed by atoms with Crippen LogP contribution in [0.5, 0.6) is 0 Å². The molecule has 0 radical (unpaired) electrons. The summed E-state index contributed by atoms with van der Waals surface area (Å²) in [6.45, 7) is 6.70. The Balaban J connectivity index is 1.77. The third-order valence-electron chi connectivity index (χ3n) is 4.70. The van der Waals surface area contributed by atoms with Gasteiger partial charge in [0.15, 0.2) is 5.65 Å². The molecule has 0 unspecified atom stereocenters. The SMILES string of the molecule is CC(C)(C)c1cc2nc(-c3ccccc3)cc(C(=O)NCc3ccncc3)n2n1. The van der Waals surface area contributed by atoms with Crippen molar-refractivity contribution in [1.82, 2.24) is 24.9 Å². The fourth-order valence-corrected chi connectivity index (χ4v) is 3.03. The van der Waals surface area contributed by atoms with E-state index >= 15 is 0 Å². The molecule has 6 heteroatoms. The number of nitrogens with one attached hydrogen (secondary N) is 1. The summed E-state index contributed by atoms with van der Waals surface area (Å²) in [6.07, 6.45) is 3.42. The molecule has 1 aromatic carbocycles. The molecule has 4 rings (SSSR count). The summed E-state index contributed by atoms with van der Waals surface area (Å²) in [5.41, 5.74) is 4.54. The Kier molecular flexibility index (Phi) is 4.84. The predicted octanol–water partition coefficient (Wildman–Crippen LogP) is 4.02. The first-order valence-corrected chi connectivity index (χ1v) is 9.56. The highest BCUT2D eigenvalue weighted by Gasteiger charge is 2.22. The third kappa shape index (κ3) is 4.01.